The first-order chi connectivity index (χ1) is 9.79. The second-order valence-corrected chi connectivity index (χ2v) is 4.52. The van der Waals surface area contributed by atoms with Crippen LogP contribution >= 0.6 is 0 Å². The smallest absolute Gasteiger partial charge is 0.397 e. The summed E-state index contributed by atoms with van der Waals surface area (Å²) in [5, 5.41) is 2.89. The third kappa shape index (κ3) is 2.11. The van der Waals surface area contributed by atoms with Gasteiger partial charge in [0.25, 0.3) is 0 Å². The van der Waals surface area contributed by atoms with Crippen LogP contribution in [0.4, 0.5) is 4.79 Å². The van der Waals surface area contributed by atoms with E-state index in [1.54, 1.807) is 0 Å². The molecule has 0 atom stereocenters. The van der Waals surface area contributed by atoms with Crippen LogP contribution in [0, 0.1) is 0 Å². The Labute approximate surface area is 115 Å². The van der Waals surface area contributed by atoms with Gasteiger partial charge in [-0.2, -0.15) is 0 Å². The number of nitrogens with zero attached hydrogens (tertiary/aromatic N) is 3. The zero-order chi connectivity index (χ0) is 13.9. The van der Waals surface area contributed by atoms with Crippen molar-refractivity contribution >= 4 is 6.09 Å². The zero-order valence-corrected chi connectivity index (χ0v) is 10.6. The maximum atomic E-state index is 11.1. The molecule has 1 aliphatic carbocycles. The van der Waals surface area contributed by atoms with Crippen LogP contribution in [0.3, 0.4) is 0 Å². The van der Waals surface area contributed by atoms with Crippen LogP contribution in [-0.4, -0.2) is 6.09 Å². The minimum absolute atomic E-state index is 0.120. The number of carbonyl (C=O) groups excluding carboxylic acids is 1. The van der Waals surface area contributed by atoms with Crippen LogP contribution in [-0.2, 0) is 17.8 Å². The van der Waals surface area contributed by atoms with Gasteiger partial charge in [-0.25, -0.2) is 4.79 Å². The predicted molar refractivity (Wildman–Crippen MR) is 74.0 cm³/mol. The molecule has 0 unspecified atom stereocenters. The second-order valence-electron chi connectivity index (χ2n) is 4.52. The minimum atomic E-state index is -0.902. The van der Waals surface area contributed by atoms with E-state index in [-0.39, 0.29) is 6.61 Å². The molecule has 5 heteroatoms. The fourth-order valence-corrected chi connectivity index (χ4v) is 2.56. The van der Waals surface area contributed by atoms with E-state index in [1.165, 1.54) is 22.3 Å². The van der Waals surface area contributed by atoms with Gasteiger partial charge in [0, 0.05) is 10.0 Å². The lowest BCUT2D eigenvalue weighted by Gasteiger charge is -2.08. The highest BCUT2D eigenvalue weighted by atomic mass is 16.5. The molecule has 2 aromatic carbocycles. The molecule has 3 rings (SSSR count). The van der Waals surface area contributed by atoms with E-state index in [4.69, 9.17) is 10.3 Å². The van der Waals surface area contributed by atoms with Crippen molar-refractivity contribution in [3.05, 3.63) is 69.6 Å². The summed E-state index contributed by atoms with van der Waals surface area (Å²) in [6.07, 6.45) is -0.0681. The molecular formula is C15H11N3O2. The summed E-state index contributed by atoms with van der Waals surface area (Å²) in [6.45, 7) is 0.120. The molecule has 0 saturated carbocycles. The van der Waals surface area contributed by atoms with Crippen molar-refractivity contribution in [3.8, 4) is 11.1 Å². The molecule has 0 aliphatic heterocycles. The topological polar surface area (TPSA) is 75.1 Å². The third-order valence-corrected chi connectivity index (χ3v) is 3.43. The number of azide groups is 1. The quantitative estimate of drug-likeness (QED) is 0.395. The number of hydrogen-bond donors (Lipinski definition) is 0. The maximum absolute atomic E-state index is 11.1. The summed E-state index contributed by atoms with van der Waals surface area (Å²) in [5.41, 5.74) is 14.0. The van der Waals surface area contributed by atoms with Gasteiger partial charge >= 0.3 is 6.09 Å². The van der Waals surface area contributed by atoms with E-state index in [0.29, 0.717) is 0 Å². The Bertz CT molecular complexity index is 734. The molecule has 20 heavy (non-hydrogen) atoms. The number of amides is 1. The van der Waals surface area contributed by atoms with Gasteiger partial charge in [-0.1, -0.05) is 42.5 Å². The molecule has 0 radical (unpaired) electrons. The number of rotatable bonds is 2. The molecule has 5 nitrogen and oxygen atoms in total. The van der Waals surface area contributed by atoms with Crippen LogP contribution in [0.25, 0.3) is 21.6 Å². The summed E-state index contributed by atoms with van der Waals surface area (Å²) < 4.78 is 4.93. The van der Waals surface area contributed by atoms with E-state index >= 15 is 0 Å². The Balaban J connectivity index is 1.89. The molecule has 0 fully saturated rings. The summed E-state index contributed by atoms with van der Waals surface area (Å²) in [7, 11) is 0. The minimum Gasteiger partial charge on any atom is -0.456 e. The number of hydrogen-bond acceptors (Lipinski definition) is 2. The monoisotopic (exact) mass is 265 g/mol. The molecule has 0 heterocycles. The van der Waals surface area contributed by atoms with Gasteiger partial charge in [0.15, 0.2) is 0 Å². The molecule has 1 amide bonds. The molecule has 0 N–H and O–H groups in total. The maximum Gasteiger partial charge on any atom is 0.397 e. The standard InChI is InChI=1S/C15H11N3O2/c16-18-17-15(19)20-9-11-5-3-7-13-12-6-2-1-4-10(12)8-14(11)13/h1-7H,8-9H2. The van der Waals surface area contributed by atoms with Gasteiger partial charge < -0.3 is 4.74 Å². The molecule has 1 aliphatic rings. The fraction of sp³-hybridized carbons (Fsp3) is 0.133. The Morgan fingerprint density at radius 2 is 2.00 bits per heavy atom. The highest BCUT2D eigenvalue weighted by Crippen LogP contribution is 2.38. The number of fused-ring (bicyclic) bond motifs is 3. The average molecular weight is 265 g/mol. The van der Waals surface area contributed by atoms with Crippen molar-refractivity contribution in [1.82, 2.24) is 0 Å². The van der Waals surface area contributed by atoms with Crippen molar-refractivity contribution in [2.75, 3.05) is 0 Å². The molecule has 0 bridgehead atoms. The first kappa shape index (κ1) is 12.3. The Kier molecular flexibility index (Phi) is 3.11. The van der Waals surface area contributed by atoms with Crippen molar-refractivity contribution in [2.24, 2.45) is 5.11 Å². The number of ether oxygens (including phenoxy) is 1. The molecule has 98 valence electrons. The number of benzene rings is 2. The van der Waals surface area contributed by atoms with Crippen molar-refractivity contribution in [1.29, 1.82) is 0 Å². The fourth-order valence-electron chi connectivity index (χ4n) is 2.56. The first-order valence-electron chi connectivity index (χ1n) is 6.20. The first-order valence-corrected chi connectivity index (χ1v) is 6.20. The van der Waals surface area contributed by atoms with Crippen molar-refractivity contribution < 1.29 is 9.53 Å². The third-order valence-electron chi connectivity index (χ3n) is 3.43. The summed E-state index contributed by atoms with van der Waals surface area (Å²) in [4.78, 5) is 13.5. The van der Waals surface area contributed by atoms with Crippen LogP contribution in [0.2, 0.25) is 0 Å². The lowest BCUT2D eigenvalue weighted by atomic mass is 10.0. The molecule has 0 spiro atoms. The lowest BCUT2D eigenvalue weighted by Crippen LogP contribution is -2.01. The largest absolute Gasteiger partial charge is 0.456 e. The average Bonchev–Trinajstić information content (AvgIpc) is 2.84. The second kappa shape index (κ2) is 5.07. The van der Waals surface area contributed by atoms with Gasteiger partial charge in [-0.3, -0.25) is 0 Å². The zero-order valence-electron chi connectivity index (χ0n) is 10.6. The Morgan fingerprint density at radius 3 is 2.85 bits per heavy atom. The summed E-state index contributed by atoms with van der Waals surface area (Å²) in [6, 6.07) is 14.2. The van der Waals surface area contributed by atoms with Gasteiger partial charge in [0.2, 0.25) is 0 Å². The van der Waals surface area contributed by atoms with Gasteiger partial charge in [0.1, 0.15) is 6.61 Å². The van der Waals surface area contributed by atoms with Gasteiger partial charge in [0.05, 0.1) is 0 Å². The lowest BCUT2D eigenvalue weighted by molar-refractivity contribution is 0.150. The van der Waals surface area contributed by atoms with E-state index < -0.39 is 6.09 Å². The Hall–Kier alpha value is -2.78. The van der Waals surface area contributed by atoms with Crippen LogP contribution in [0.1, 0.15) is 16.7 Å². The van der Waals surface area contributed by atoms with Crippen LogP contribution in [0.15, 0.2) is 47.6 Å². The van der Waals surface area contributed by atoms with E-state index in [9.17, 15) is 4.79 Å². The van der Waals surface area contributed by atoms with E-state index in [1.807, 2.05) is 24.3 Å². The van der Waals surface area contributed by atoms with Crippen molar-refractivity contribution in [3.63, 3.8) is 0 Å². The molecule has 0 saturated heterocycles. The van der Waals surface area contributed by atoms with Crippen molar-refractivity contribution in [2.45, 2.75) is 13.0 Å². The van der Waals surface area contributed by atoms with E-state index in [2.05, 4.69) is 28.2 Å². The highest BCUT2D eigenvalue weighted by Gasteiger charge is 2.20. The summed E-state index contributed by atoms with van der Waals surface area (Å²) >= 11 is 0. The normalized spacial score (nSPS) is 11.2. The van der Waals surface area contributed by atoms with Gasteiger partial charge in [-0.15, -0.1) is 0 Å². The SMILES string of the molecule is [N-]=[N+]=NC(=O)OCc1cccc2c1Cc1ccccc1-2. The van der Waals surface area contributed by atoms with Gasteiger partial charge in [-0.05, 0) is 39.8 Å². The molecular weight excluding hydrogens is 254 g/mol. The van der Waals surface area contributed by atoms with Crippen LogP contribution in [0.5, 0.6) is 0 Å². The predicted octanol–water partition coefficient (Wildman–Crippen LogP) is 4.20. The van der Waals surface area contributed by atoms with E-state index in [0.717, 1.165) is 12.0 Å². The Morgan fingerprint density at radius 1 is 1.20 bits per heavy atom. The molecule has 2 aromatic rings. The summed E-state index contributed by atoms with van der Waals surface area (Å²) in [5.74, 6) is 0. The number of carbonyl (C=O) groups is 1. The highest BCUT2D eigenvalue weighted by molar-refractivity contribution is 5.78. The molecule has 0 aromatic heterocycles. The van der Waals surface area contributed by atoms with Crippen LogP contribution < -0.4 is 0 Å².